The summed E-state index contributed by atoms with van der Waals surface area (Å²) in [6.45, 7) is 6.16. The first-order valence-electron chi connectivity index (χ1n) is 14.9. The monoisotopic (exact) mass is 584 g/mol. The zero-order chi connectivity index (χ0) is 30.4. The van der Waals surface area contributed by atoms with Gasteiger partial charge >= 0.3 is 5.97 Å². The van der Waals surface area contributed by atoms with Gasteiger partial charge in [0.2, 0.25) is 0 Å². The van der Waals surface area contributed by atoms with Gasteiger partial charge < -0.3 is 35.9 Å². The Morgan fingerprint density at radius 3 is 2.60 bits per heavy atom. The molecule has 8 unspecified atom stereocenters. The molecule has 42 heavy (non-hydrogen) atoms. The van der Waals surface area contributed by atoms with Gasteiger partial charge in [-0.05, 0) is 111 Å². The second-order valence-electron chi connectivity index (χ2n) is 13.3. The normalized spacial score (nSPS) is 36.1. The largest absolute Gasteiger partial charge is 0.733 e. The van der Waals surface area contributed by atoms with E-state index in [1.54, 1.807) is 0 Å². The highest BCUT2D eigenvalue weighted by Gasteiger charge is 2.62. The van der Waals surface area contributed by atoms with Crippen molar-refractivity contribution in [1.29, 1.82) is 0 Å². The number of oxime groups is 1. The van der Waals surface area contributed by atoms with Gasteiger partial charge in [-0.1, -0.05) is 36.7 Å². The van der Waals surface area contributed by atoms with Crippen LogP contribution in [0.2, 0.25) is 0 Å². The van der Waals surface area contributed by atoms with Crippen LogP contribution in [0.3, 0.4) is 0 Å². The Labute approximate surface area is 245 Å². The quantitative estimate of drug-likeness (QED) is 0.282. The molecular formula is C31H42N3O8-. The molecule has 0 radical (unpaired) electrons. The van der Waals surface area contributed by atoms with Crippen LogP contribution >= 0.6 is 0 Å². The predicted molar refractivity (Wildman–Crippen MR) is 154 cm³/mol. The molecule has 5 N–H and O–H groups in total. The van der Waals surface area contributed by atoms with Crippen LogP contribution in [0, 0.1) is 33.8 Å². The van der Waals surface area contributed by atoms with Crippen LogP contribution in [0.15, 0.2) is 41.1 Å². The number of aliphatic hydroxyl groups excluding tert-OH is 1. The summed E-state index contributed by atoms with van der Waals surface area (Å²) in [5.41, 5.74) is 1.42. The van der Waals surface area contributed by atoms with Crippen molar-refractivity contribution in [2.75, 3.05) is 11.8 Å². The molecule has 11 nitrogen and oxygen atoms in total. The summed E-state index contributed by atoms with van der Waals surface area (Å²) in [5.74, 6) is -0.518. The van der Waals surface area contributed by atoms with Crippen molar-refractivity contribution < 1.29 is 35.0 Å². The summed E-state index contributed by atoms with van der Waals surface area (Å²) in [4.78, 5) is 29.6. The van der Waals surface area contributed by atoms with E-state index in [9.17, 15) is 30.1 Å². The Morgan fingerprint density at radius 1 is 1.14 bits per heavy atom. The molecule has 230 valence electrons. The van der Waals surface area contributed by atoms with Gasteiger partial charge in [0.25, 0.3) is 5.91 Å². The van der Waals surface area contributed by atoms with E-state index in [1.165, 1.54) is 23.8 Å². The molecule has 0 heterocycles. The molecular weight excluding hydrogens is 542 g/mol. The van der Waals surface area contributed by atoms with Crippen molar-refractivity contribution >= 4 is 23.3 Å². The van der Waals surface area contributed by atoms with Crippen LogP contribution in [0.4, 0.5) is 5.69 Å². The molecule has 0 saturated heterocycles. The van der Waals surface area contributed by atoms with E-state index < -0.39 is 41.5 Å². The average molecular weight is 585 g/mol. The maximum absolute atomic E-state index is 12.5. The molecule has 1 aromatic rings. The predicted octanol–water partition coefficient (Wildman–Crippen LogP) is 4.07. The number of allylic oxidation sites excluding steroid dienone is 2. The number of fused-ring (bicyclic) bond motifs is 5. The third-order valence-electron chi connectivity index (χ3n) is 11.2. The van der Waals surface area contributed by atoms with E-state index in [-0.39, 0.29) is 22.1 Å². The Balaban J connectivity index is 1.20. The van der Waals surface area contributed by atoms with Crippen molar-refractivity contribution in [2.24, 2.45) is 33.7 Å². The molecule has 0 spiro atoms. The Bertz CT molecular complexity index is 1280. The highest BCUT2D eigenvalue weighted by Crippen LogP contribution is 2.67. The van der Waals surface area contributed by atoms with Crippen molar-refractivity contribution in [1.82, 2.24) is 5.32 Å². The lowest BCUT2D eigenvalue weighted by Gasteiger charge is -2.59. The first-order chi connectivity index (χ1) is 19.8. The molecule has 4 aliphatic carbocycles. The zero-order valence-electron chi connectivity index (χ0n) is 24.5. The molecule has 0 aliphatic heterocycles. The van der Waals surface area contributed by atoms with Crippen molar-refractivity contribution in [2.45, 2.75) is 89.9 Å². The average Bonchev–Trinajstić information content (AvgIpc) is 3.19. The van der Waals surface area contributed by atoms with Gasteiger partial charge in [0, 0.05) is 0 Å². The van der Waals surface area contributed by atoms with E-state index >= 15 is 0 Å². The Morgan fingerprint density at radius 2 is 1.88 bits per heavy atom. The van der Waals surface area contributed by atoms with Crippen molar-refractivity contribution in [3.63, 3.8) is 0 Å². The molecule has 3 fully saturated rings. The minimum Gasteiger partial charge on any atom is -0.733 e. The lowest BCUT2D eigenvalue weighted by atomic mass is 9.46. The second kappa shape index (κ2) is 11.3. The number of carbonyl (C=O) groups excluding carboxylic acids is 1. The topological polar surface area (TPSA) is 175 Å². The molecule has 3 saturated carbocycles. The Hall–Kier alpha value is -2.99. The van der Waals surface area contributed by atoms with E-state index in [2.05, 4.69) is 30.4 Å². The zero-order valence-corrected chi connectivity index (χ0v) is 24.5. The number of amides is 1. The van der Waals surface area contributed by atoms with Gasteiger partial charge in [-0.2, -0.15) is 0 Å². The first kappa shape index (κ1) is 30.5. The number of nitrogens with zero attached hydrogens (tertiary/aromatic N) is 2. The molecule has 0 aromatic heterocycles. The molecule has 8 atom stereocenters. The molecule has 1 amide bonds. The van der Waals surface area contributed by atoms with Gasteiger partial charge in [-0.15, -0.1) is 0 Å². The van der Waals surface area contributed by atoms with E-state index in [1.807, 2.05) is 6.92 Å². The van der Waals surface area contributed by atoms with Crippen LogP contribution in [-0.2, 0) is 14.4 Å². The van der Waals surface area contributed by atoms with Gasteiger partial charge in [-0.3, -0.25) is 10.0 Å². The first-order valence-corrected chi connectivity index (χ1v) is 14.9. The van der Waals surface area contributed by atoms with Crippen molar-refractivity contribution in [3.8, 4) is 0 Å². The summed E-state index contributed by atoms with van der Waals surface area (Å²) >= 11 is 0. The number of hydrogen-bond acceptors (Lipinski definition) is 9. The summed E-state index contributed by atoms with van der Waals surface area (Å²) in [6.07, 6.45) is 8.28. The summed E-state index contributed by atoms with van der Waals surface area (Å²) < 4.78 is 0. The molecule has 11 heteroatoms. The van der Waals surface area contributed by atoms with Gasteiger partial charge in [0.15, 0.2) is 12.6 Å². The second-order valence-corrected chi connectivity index (χ2v) is 13.3. The highest BCUT2D eigenvalue weighted by atomic mass is 16.8. The number of aliphatic carboxylic acids is 1. The fourth-order valence-corrected chi connectivity index (χ4v) is 8.57. The highest BCUT2D eigenvalue weighted by molar-refractivity contribution is 5.96. The van der Waals surface area contributed by atoms with Gasteiger partial charge in [0.05, 0.1) is 17.0 Å². The number of carboxylic acids is 1. The number of rotatable bonds is 8. The fraction of sp³-hybridized carbons (Fsp3) is 0.645. The van der Waals surface area contributed by atoms with E-state index in [0.717, 1.165) is 56.7 Å². The fourth-order valence-electron chi connectivity index (χ4n) is 8.57. The number of benzene rings is 1. The molecule has 0 bridgehead atoms. The van der Waals surface area contributed by atoms with E-state index in [0.29, 0.717) is 24.2 Å². The number of carboxylic acid groups (broad SMARTS) is 1. The van der Waals surface area contributed by atoms with Crippen LogP contribution in [0.5, 0.6) is 0 Å². The number of aliphatic hydroxyl groups is 2. The number of anilines is 1. The Kier molecular flexibility index (Phi) is 8.17. The van der Waals surface area contributed by atoms with E-state index in [4.69, 9.17) is 10.0 Å². The molecule has 1 aromatic carbocycles. The smallest absolute Gasteiger partial charge is 0.329 e. The lowest BCUT2D eigenvalue weighted by molar-refractivity contribution is -0.146. The third kappa shape index (κ3) is 5.32. The summed E-state index contributed by atoms with van der Waals surface area (Å²) in [5, 5.41) is 57.5. The maximum Gasteiger partial charge on any atom is 0.329 e. The van der Waals surface area contributed by atoms with Crippen LogP contribution in [0.25, 0.3) is 0 Å². The minimum atomic E-state index is -1.71. The third-order valence-corrected chi connectivity index (χ3v) is 11.2. The van der Waals surface area contributed by atoms with Crippen LogP contribution < -0.4 is 10.5 Å². The maximum atomic E-state index is 12.5. The van der Waals surface area contributed by atoms with Crippen LogP contribution in [-0.4, -0.2) is 56.4 Å². The molecule has 4 aliphatic rings. The minimum absolute atomic E-state index is 0.0152. The number of hydrogen-bond donors (Lipinski definition) is 5. The number of carbonyl (C=O) groups is 2. The SMILES string of the molecule is CC12CCC(=NOCC(=O)NC(C(=O)O)C(O)c3cccc(N([O-])O)c3)C=C1CCC1C2CCC2(C)C1CCC2(C)O. The summed E-state index contributed by atoms with van der Waals surface area (Å²) in [6, 6.07) is 3.45. The van der Waals surface area contributed by atoms with Gasteiger partial charge in [-0.25, -0.2) is 4.79 Å². The van der Waals surface area contributed by atoms with Crippen molar-refractivity contribution in [3.05, 3.63) is 46.7 Å². The van der Waals surface area contributed by atoms with Crippen LogP contribution in [0.1, 0.15) is 83.8 Å². The summed E-state index contributed by atoms with van der Waals surface area (Å²) in [7, 11) is 0. The molecule has 5 rings (SSSR count). The lowest BCUT2D eigenvalue weighted by Crippen LogP contribution is -2.53. The number of nitrogens with one attached hydrogen (secondary N) is 1. The van der Waals surface area contributed by atoms with Gasteiger partial charge in [0.1, 0.15) is 6.10 Å². The standard InChI is InChI=1S/C31H42N3O8/c1-29-12-9-20(16-19(29)7-8-22-23(29)10-13-30(2)24(22)11-14-31(30,3)39)33-42-17-25(35)32-26(28(37)38)27(36)18-5-4-6-21(15-18)34(40)41/h4-6,15-16,22-24,26-27,36,39-40H,7-14,17H2,1-3H3,(H,32,35)(H,37,38)/q-1.